The summed E-state index contributed by atoms with van der Waals surface area (Å²) in [5.74, 6) is -0.00216. The second-order valence-corrected chi connectivity index (χ2v) is 6.14. The highest BCUT2D eigenvalue weighted by Crippen LogP contribution is 2.33. The molecule has 3 rings (SSSR count). The van der Waals surface area contributed by atoms with E-state index in [1.54, 1.807) is 18.0 Å². The van der Waals surface area contributed by atoms with E-state index in [9.17, 15) is 9.59 Å². The monoisotopic (exact) mass is 298 g/mol. The molecule has 1 aromatic carbocycles. The van der Waals surface area contributed by atoms with Gasteiger partial charge in [0, 0.05) is 19.2 Å². The molecule has 1 N–H and O–H groups in total. The topological polar surface area (TPSA) is 49.4 Å². The third-order valence-electron chi connectivity index (χ3n) is 4.57. The van der Waals surface area contributed by atoms with E-state index >= 15 is 0 Å². The quantitative estimate of drug-likeness (QED) is 0.932. The van der Waals surface area contributed by atoms with Crippen LogP contribution in [-0.2, 0) is 9.59 Å². The molecule has 1 saturated carbocycles. The molecule has 1 aliphatic carbocycles. The summed E-state index contributed by atoms with van der Waals surface area (Å²) in [6.45, 7) is 1.54. The highest BCUT2D eigenvalue weighted by Gasteiger charge is 2.29. The lowest BCUT2D eigenvalue weighted by molar-refractivity contribution is -0.130. The number of amides is 2. The Balaban J connectivity index is 1.77. The zero-order chi connectivity index (χ0) is 15.5. The Labute approximate surface area is 131 Å². The van der Waals surface area contributed by atoms with Crippen molar-refractivity contribution in [2.75, 3.05) is 0 Å². The summed E-state index contributed by atoms with van der Waals surface area (Å²) in [6.07, 6.45) is 8.57. The molecule has 1 fully saturated rings. The van der Waals surface area contributed by atoms with Gasteiger partial charge in [-0.25, -0.2) is 0 Å². The van der Waals surface area contributed by atoms with Gasteiger partial charge >= 0.3 is 0 Å². The van der Waals surface area contributed by atoms with Crippen molar-refractivity contribution in [1.82, 2.24) is 10.2 Å². The van der Waals surface area contributed by atoms with Gasteiger partial charge in [0.25, 0.3) is 0 Å². The van der Waals surface area contributed by atoms with Gasteiger partial charge in [0.05, 0.1) is 12.5 Å². The van der Waals surface area contributed by atoms with Crippen LogP contribution in [0, 0.1) is 0 Å². The fourth-order valence-corrected chi connectivity index (χ4v) is 3.45. The lowest BCUT2D eigenvalue weighted by Crippen LogP contribution is -2.38. The normalized spacial score (nSPS) is 20.8. The molecule has 22 heavy (non-hydrogen) atoms. The molecule has 2 aliphatic rings. The van der Waals surface area contributed by atoms with Crippen molar-refractivity contribution in [2.24, 2.45) is 0 Å². The molecule has 4 heteroatoms. The Bertz CT molecular complexity index is 603. The van der Waals surface area contributed by atoms with E-state index in [0.717, 1.165) is 24.0 Å². The number of carbonyl (C=O) groups is 2. The van der Waals surface area contributed by atoms with Crippen LogP contribution in [0.1, 0.15) is 56.2 Å². The van der Waals surface area contributed by atoms with Gasteiger partial charge in [0.15, 0.2) is 0 Å². The molecule has 1 atom stereocenters. The standard InChI is InChI=1S/C18H22N2O2/c1-13(21)20-11-10-14-6-2-5-9-16(14)17(20)12-18(22)19-15-7-3-4-8-15/h2,5-6,9-11,15,17H,3-4,7-8,12H2,1H3,(H,19,22). The molecular formula is C18H22N2O2. The number of rotatable bonds is 3. The molecule has 0 aromatic heterocycles. The maximum absolute atomic E-state index is 12.4. The van der Waals surface area contributed by atoms with Crippen LogP contribution in [-0.4, -0.2) is 22.8 Å². The average Bonchev–Trinajstić information content (AvgIpc) is 3.00. The number of benzene rings is 1. The van der Waals surface area contributed by atoms with E-state index < -0.39 is 0 Å². The molecule has 2 amide bonds. The summed E-state index contributed by atoms with van der Waals surface area (Å²) >= 11 is 0. The third kappa shape index (κ3) is 3.06. The van der Waals surface area contributed by atoms with Gasteiger partial charge in [-0.05, 0) is 30.0 Å². The average molecular weight is 298 g/mol. The second-order valence-electron chi connectivity index (χ2n) is 6.14. The van der Waals surface area contributed by atoms with Crippen molar-refractivity contribution in [2.45, 2.75) is 51.1 Å². The van der Waals surface area contributed by atoms with E-state index in [1.165, 1.54) is 12.8 Å². The van der Waals surface area contributed by atoms with Crippen molar-refractivity contribution in [3.8, 4) is 0 Å². The van der Waals surface area contributed by atoms with Gasteiger partial charge < -0.3 is 10.2 Å². The van der Waals surface area contributed by atoms with Crippen molar-refractivity contribution in [1.29, 1.82) is 0 Å². The Morgan fingerprint density at radius 3 is 2.68 bits per heavy atom. The van der Waals surface area contributed by atoms with E-state index in [1.807, 2.05) is 30.3 Å². The minimum Gasteiger partial charge on any atom is -0.353 e. The van der Waals surface area contributed by atoms with Crippen LogP contribution in [0.25, 0.3) is 6.08 Å². The number of hydrogen-bond acceptors (Lipinski definition) is 2. The van der Waals surface area contributed by atoms with E-state index in [-0.39, 0.29) is 17.9 Å². The largest absolute Gasteiger partial charge is 0.353 e. The zero-order valence-corrected chi connectivity index (χ0v) is 12.9. The first kappa shape index (κ1) is 14.8. The first-order valence-corrected chi connectivity index (χ1v) is 8.00. The summed E-state index contributed by atoms with van der Waals surface area (Å²) in [5, 5.41) is 3.12. The lowest BCUT2D eigenvalue weighted by Gasteiger charge is -2.32. The molecule has 1 unspecified atom stereocenters. The fraction of sp³-hybridized carbons (Fsp3) is 0.444. The van der Waals surface area contributed by atoms with Gasteiger partial charge in [-0.1, -0.05) is 37.1 Å². The second kappa shape index (κ2) is 6.34. The van der Waals surface area contributed by atoms with Crippen molar-refractivity contribution in [3.05, 3.63) is 41.6 Å². The molecule has 0 bridgehead atoms. The van der Waals surface area contributed by atoms with Gasteiger partial charge in [0.2, 0.25) is 11.8 Å². The summed E-state index contributed by atoms with van der Waals surface area (Å²) < 4.78 is 0. The number of nitrogens with zero attached hydrogens (tertiary/aromatic N) is 1. The number of carbonyl (C=O) groups excluding carboxylic acids is 2. The SMILES string of the molecule is CC(=O)N1C=Cc2ccccc2C1CC(=O)NC1CCCC1. The first-order valence-electron chi connectivity index (χ1n) is 8.00. The van der Waals surface area contributed by atoms with Gasteiger partial charge in [-0.3, -0.25) is 9.59 Å². The molecule has 0 saturated heterocycles. The van der Waals surface area contributed by atoms with Gasteiger partial charge in [0.1, 0.15) is 0 Å². The molecule has 116 valence electrons. The van der Waals surface area contributed by atoms with Crippen molar-refractivity contribution >= 4 is 17.9 Å². The highest BCUT2D eigenvalue weighted by atomic mass is 16.2. The van der Waals surface area contributed by atoms with E-state index in [2.05, 4.69) is 5.32 Å². The molecule has 1 aromatic rings. The summed E-state index contributed by atoms with van der Waals surface area (Å²) in [7, 11) is 0. The van der Waals surface area contributed by atoms with Gasteiger partial charge in [-0.2, -0.15) is 0 Å². The number of nitrogens with one attached hydrogen (secondary N) is 1. The van der Waals surface area contributed by atoms with Crippen LogP contribution in [0.2, 0.25) is 0 Å². The van der Waals surface area contributed by atoms with E-state index in [4.69, 9.17) is 0 Å². The van der Waals surface area contributed by atoms with Crippen LogP contribution >= 0.6 is 0 Å². The van der Waals surface area contributed by atoms with Crippen LogP contribution < -0.4 is 5.32 Å². The van der Waals surface area contributed by atoms with Crippen LogP contribution in [0.4, 0.5) is 0 Å². The van der Waals surface area contributed by atoms with Crippen LogP contribution in [0.15, 0.2) is 30.5 Å². The van der Waals surface area contributed by atoms with Crippen LogP contribution in [0.5, 0.6) is 0 Å². The molecule has 1 aliphatic heterocycles. The number of fused-ring (bicyclic) bond motifs is 1. The van der Waals surface area contributed by atoms with Crippen LogP contribution in [0.3, 0.4) is 0 Å². The summed E-state index contributed by atoms with van der Waals surface area (Å²) in [4.78, 5) is 25.9. The third-order valence-corrected chi connectivity index (χ3v) is 4.57. The minimum atomic E-state index is -0.208. The Morgan fingerprint density at radius 1 is 1.23 bits per heavy atom. The lowest BCUT2D eigenvalue weighted by atomic mass is 9.93. The fourth-order valence-electron chi connectivity index (χ4n) is 3.45. The summed E-state index contributed by atoms with van der Waals surface area (Å²) in [5.41, 5.74) is 2.13. The predicted molar refractivity (Wildman–Crippen MR) is 85.8 cm³/mol. The maximum Gasteiger partial charge on any atom is 0.223 e. The minimum absolute atomic E-state index is 0.0354. The van der Waals surface area contributed by atoms with E-state index in [0.29, 0.717) is 12.5 Å². The van der Waals surface area contributed by atoms with Gasteiger partial charge in [-0.15, -0.1) is 0 Å². The predicted octanol–water partition coefficient (Wildman–Crippen LogP) is 3.01. The zero-order valence-electron chi connectivity index (χ0n) is 12.9. The Morgan fingerprint density at radius 2 is 1.95 bits per heavy atom. The maximum atomic E-state index is 12.4. The summed E-state index contributed by atoms with van der Waals surface area (Å²) in [6, 6.07) is 8.06. The number of hydrogen-bond donors (Lipinski definition) is 1. The molecule has 0 spiro atoms. The molecular weight excluding hydrogens is 276 g/mol. The molecule has 1 heterocycles. The Kier molecular flexibility index (Phi) is 4.27. The Hall–Kier alpha value is -2.10. The smallest absolute Gasteiger partial charge is 0.223 e. The van der Waals surface area contributed by atoms with Crippen molar-refractivity contribution in [3.63, 3.8) is 0 Å². The molecule has 0 radical (unpaired) electrons. The highest BCUT2D eigenvalue weighted by molar-refractivity contribution is 5.82. The molecule has 4 nitrogen and oxygen atoms in total. The van der Waals surface area contributed by atoms with Crippen molar-refractivity contribution < 1.29 is 9.59 Å². The first-order chi connectivity index (χ1) is 10.6.